The third kappa shape index (κ3) is 4.90. The number of benzene rings is 1. The first kappa shape index (κ1) is 11.9. The summed E-state index contributed by atoms with van der Waals surface area (Å²) in [4.78, 5) is 0. The Balaban J connectivity index is 2.52. The summed E-state index contributed by atoms with van der Waals surface area (Å²) < 4.78 is 1.23. The van der Waals surface area contributed by atoms with Crippen LogP contribution in [0, 0.1) is 5.92 Å². The van der Waals surface area contributed by atoms with Crippen LogP contribution in [0.5, 0.6) is 0 Å². The van der Waals surface area contributed by atoms with Gasteiger partial charge >= 0.3 is 98.4 Å². The van der Waals surface area contributed by atoms with Crippen LogP contribution >= 0.6 is 12.6 Å². The molecule has 2 heteroatoms. The van der Waals surface area contributed by atoms with Gasteiger partial charge in [-0.1, -0.05) is 0 Å². The fourth-order valence-corrected chi connectivity index (χ4v) is 3.04. The molecule has 0 atom stereocenters. The van der Waals surface area contributed by atoms with Crippen LogP contribution in [-0.2, 0) is 0 Å². The van der Waals surface area contributed by atoms with Gasteiger partial charge in [-0.15, -0.1) is 0 Å². The van der Waals surface area contributed by atoms with Gasteiger partial charge in [-0.2, -0.15) is 0 Å². The van der Waals surface area contributed by atoms with Gasteiger partial charge in [0.1, 0.15) is 0 Å². The fourth-order valence-electron chi connectivity index (χ4n) is 0.986. The van der Waals surface area contributed by atoms with Gasteiger partial charge in [0.15, 0.2) is 0 Å². The molecule has 0 saturated heterocycles. The standard InChI is InChI=1S/C12H16SSe/c1-10(2)9-14-12(13)8-11-6-4-3-5-7-11/h3-8,10,13H,9H2,1-2H3/b12-8+. The number of rotatable bonds is 4. The van der Waals surface area contributed by atoms with E-state index in [1.165, 1.54) is 14.7 Å². The molecule has 0 unspecified atom stereocenters. The van der Waals surface area contributed by atoms with E-state index in [0.29, 0.717) is 15.0 Å². The molecule has 0 nitrogen and oxygen atoms in total. The molecule has 0 N–H and O–H groups in total. The van der Waals surface area contributed by atoms with Gasteiger partial charge in [0.25, 0.3) is 0 Å². The summed E-state index contributed by atoms with van der Waals surface area (Å²) >= 11 is 5.04. The van der Waals surface area contributed by atoms with Crippen molar-refractivity contribution in [2.24, 2.45) is 5.92 Å². The Hall–Kier alpha value is -0.171. The zero-order valence-electron chi connectivity index (χ0n) is 8.60. The van der Waals surface area contributed by atoms with E-state index in [9.17, 15) is 0 Å². The Bertz CT molecular complexity index is 290. The molecule has 0 spiro atoms. The Labute approximate surface area is 98.4 Å². The molecule has 14 heavy (non-hydrogen) atoms. The summed E-state index contributed by atoms with van der Waals surface area (Å²) in [7, 11) is 0. The van der Waals surface area contributed by atoms with Gasteiger partial charge in [-0.3, -0.25) is 0 Å². The Morgan fingerprint density at radius 3 is 2.57 bits per heavy atom. The van der Waals surface area contributed by atoms with Gasteiger partial charge in [0.2, 0.25) is 0 Å². The second-order valence-corrected chi connectivity index (χ2v) is 6.99. The van der Waals surface area contributed by atoms with E-state index in [1.54, 1.807) is 0 Å². The fraction of sp³-hybridized carbons (Fsp3) is 0.333. The molecule has 0 aliphatic carbocycles. The second-order valence-electron chi connectivity index (χ2n) is 3.60. The molecule has 0 bridgehead atoms. The Morgan fingerprint density at radius 2 is 2.00 bits per heavy atom. The maximum atomic E-state index is 4.50. The van der Waals surface area contributed by atoms with Crippen LogP contribution in [-0.4, -0.2) is 15.0 Å². The van der Waals surface area contributed by atoms with Gasteiger partial charge in [0.05, 0.1) is 0 Å². The molecule has 0 aromatic heterocycles. The maximum absolute atomic E-state index is 4.50. The van der Waals surface area contributed by atoms with Crippen LogP contribution in [0.2, 0.25) is 5.32 Å². The molecule has 0 heterocycles. The molecule has 0 fully saturated rings. The van der Waals surface area contributed by atoms with Crippen molar-refractivity contribution in [1.29, 1.82) is 0 Å². The minimum atomic E-state index is 0.535. The molecule has 0 saturated carbocycles. The SMILES string of the molecule is CC(C)C[Se]/C(S)=C/c1ccccc1. The molecule has 0 aliphatic heterocycles. The van der Waals surface area contributed by atoms with E-state index in [-0.39, 0.29) is 0 Å². The van der Waals surface area contributed by atoms with Gasteiger partial charge < -0.3 is 0 Å². The third-order valence-corrected chi connectivity index (χ3v) is 5.07. The van der Waals surface area contributed by atoms with Crippen LogP contribution in [0.1, 0.15) is 19.4 Å². The zero-order valence-corrected chi connectivity index (χ0v) is 11.2. The first-order valence-electron chi connectivity index (χ1n) is 4.77. The summed E-state index contributed by atoms with van der Waals surface area (Å²) in [6.07, 6.45) is 2.17. The first-order chi connectivity index (χ1) is 6.68. The van der Waals surface area contributed by atoms with Crippen LogP contribution < -0.4 is 0 Å². The summed E-state index contributed by atoms with van der Waals surface area (Å²) in [5.74, 6) is 0.779. The predicted molar refractivity (Wildman–Crippen MR) is 68.8 cm³/mol. The van der Waals surface area contributed by atoms with Crippen molar-refractivity contribution >= 4 is 33.7 Å². The summed E-state index contributed by atoms with van der Waals surface area (Å²) in [6, 6.07) is 10.4. The van der Waals surface area contributed by atoms with Crippen molar-refractivity contribution < 1.29 is 0 Å². The molecule has 76 valence electrons. The van der Waals surface area contributed by atoms with E-state index in [4.69, 9.17) is 0 Å². The van der Waals surface area contributed by atoms with E-state index < -0.39 is 0 Å². The van der Waals surface area contributed by atoms with Gasteiger partial charge in [-0.05, 0) is 0 Å². The zero-order chi connectivity index (χ0) is 10.4. The van der Waals surface area contributed by atoms with Gasteiger partial charge in [-0.25, -0.2) is 0 Å². The van der Waals surface area contributed by atoms with Crippen LogP contribution in [0.3, 0.4) is 0 Å². The number of hydrogen-bond acceptors (Lipinski definition) is 1. The molecule has 1 rings (SSSR count). The summed E-state index contributed by atoms with van der Waals surface area (Å²) in [6.45, 7) is 4.51. The first-order valence-corrected chi connectivity index (χ1v) is 7.28. The molecule has 1 aromatic rings. The van der Waals surface area contributed by atoms with Gasteiger partial charge in [0, 0.05) is 0 Å². The van der Waals surface area contributed by atoms with Crippen LogP contribution in [0.15, 0.2) is 34.1 Å². The normalized spacial score (nSPS) is 12.1. The van der Waals surface area contributed by atoms with Crippen molar-refractivity contribution in [2.75, 3.05) is 0 Å². The molecule has 1 aromatic carbocycles. The van der Waals surface area contributed by atoms with Crippen molar-refractivity contribution in [3.8, 4) is 0 Å². The van der Waals surface area contributed by atoms with Crippen molar-refractivity contribution in [1.82, 2.24) is 0 Å². The second kappa shape index (κ2) is 6.34. The van der Waals surface area contributed by atoms with E-state index in [1.807, 2.05) is 6.07 Å². The Morgan fingerprint density at radius 1 is 1.36 bits per heavy atom. The minimum absolute atomic E-state index is 0.535. The number of thiol groups is 1. The van der Waals surface area contributed by atoms with Crippen molar-refractivity contribution in [3.05, 3.63) is 39.7 Å². The topological polar surface area (TPSA) is 0 Å². The third-order valence-electron chi connectivity index (χ3n) is 1.65. The van der Waals surface area contributed by atoms with E-state index >= 15 is 0 Å². The molecule has 0 radical (unpaired) electrons. The van der Waals surface area contributed by atoms with Crippen molar-refractivity contribution in [2.45, 2.75) is 19.2 Å². The predicted octanol–water partition coefficient (Wildman–Crippen LogP) is 3.69. The summed E-state index contributed by atoms with van der Waals surface area (Å²) in [5, 5.41) is 1.27. The monoisotopic (exact) mass is 272 g/mol. The average molecular weight is 271 g/mol. The number of hydrogen-bond donors (Lipinski definition) is 1. The Kier molecular flexibility index (Phi) is 5.39. The average Bonchev–Trinajstić information content (AvgIpc) is 2.16. The van der Waals surface area contributed by atoms with E-state index in [0.717, 1.165) is 5.92 Å². The molecule has 0 aliphatic rings. The van der Waals surface area contributed by atoms with Crippen LogP contribution in [0.4, 0.5) is 0 Å². The van der Waals surface area contributed by atoms with Crippen LogP contribution in [0.25, 0.3) is 6.08 Å². The van der Waals surface area contributed by atoms with E-state index in [2.05, 4.69) is 56.8 Å². The quantitative estimate of drug-likeness (QED) is 0.626. The molecular weight excluding hydrogens is 255 g/mol. The summed E-state index contributed by atoms with van der Waals surface area (Å²) in [5.41, 5.74) is 1.25. The molecule has 0 amide bonds. The molecular formula is C12H16SSe. The van der Waals surface area contributed by atoms with Crippen molar-refractivity contribution in [3.63, 3.8) is 0 Å².